The third-order valence-electron chi connectivity index (χ3n) is 3.82. The molecule has 1 heterocycles. The van der Waals surface area contributed by atoms with Gasteiger partial charge in [0.2, 0.25) is 0 Å². The number of nitrogens with zero attached hydrogens (tertiary/aromatic N) is 2. The van der Waals surface area contributed by atoms with Gasteiger partial charge in [0.05, 0.1) is 11.3 Å². The van der Waals surface area contributed by atoms with Gasteiger partial charge in [-0.2, -0.15) is 5.10 Å². The highest BCUT2D eigenvalue weighted by Gasteiger charge is 2.08. The van der Waals surface area contributed by atoms with E-state index in [0.29, 0.717) is 5.56 Å². The molecule has 0 bridgehead atoms. The highest BCUT2D eigenvalue weighted by molar-refractivity contribution is 5.89. The van der Waals surface area contributed by atoms with Crippen molar-refractivity contribution in [1.29, 1.82) is 0 Å². The van der Waals surface area contributed by atoms with Gasteiger partial charge < -0.3 is 4.74 Å². The Morgan fingerprint density at radius 1 is 1.09 bits per heavy atom. The third-order valence-corrected chi connectivity index (χ3v) is 3.82. The molecule has 0 aliphatic carbocycles. The summed E-state index contributed by atoms with van der Waals surface area (Å²) in [6.45, 7) is 4.26. The number of aryl methyl sites for hydroxylation is 2. The maximum absolute atomic E-state index is 12.1. The minimum absolute atomic E-state index is 0.255. The van der Waals surface area contributed by atoms with Crippen molar-refractivity contribution < 1.29 is 9.53 Å². The molecule has 1 aromatic heterocycles. The molecule has 0 spiro atoms. The van der Waals surface area contributed by atoms with Gasteiger partial charge in [0.15, 0.2) is 0 Å². The van der Waals surface area contributed by atoms with Crippen molar-refractivity contribution in [2.75, 3.05) is 0 Å². The lowest BCUT2D eigenvalue weighted by atomic mass is 10.1. The van der Waals surface area contributed by atoms with Crippen LogP contribution in [0.4, 0.5) is 0 Å². The lowest BCUT2D eigenvalue weighted by molar-refractivity contribution is 0.0472. The van der Waals surface area contributed by atoms with Gasteiger partial charge in [0, 0.05) is 12.4 Å². The van der Waals surface area contributed by atoms with Crippen LogP contribution in [0, 0.1) is 13.8 Å². The molecule has 0 aliphatic rings. The predicted molar refractivity (Wildman–Crippen MR) is 88.6 cm³/mol. The van der Waals surface area contributed by atoms with E-state index in [-0.39, 0.29) is 12.6 Å². The van der Waals surface area contributed by atoms with Crippen LogP contribution in [-0.2, 0) is 11.3 Å². The number of carbonyl (C=O) groups is 1. The molecule has 116 valence electrons. The number of ether oxygens (including phenoxy) is 1. The molecule has 23 heavy (non-hydrogen) atoms. The molecule has 0 radical (unpaired) electrons. The standard InChI is InChI=1S/C19H18N2O2/c1-14-4-7-17(12-15(14)2)19(22)23-13-16-5-8-18(9-6-16)21-11-3-10-20-21/h3-12H,13H2,1-2H3. The molecule has 0 atom stereocenters. The van der Waals surface area contributed by atoms with Gasteiger partial charge in [-0.25, -0.2) is 9.48 Å². The van der Waals surface area contributed by atoms with E-state index >= 15 is 0 Å². The van der Waals surface area contributed by atoms with Gasteiger partial charge in [0.1, 0.15) is 6.61 Å². The minimum Gasteiger partial charge on any atom is -0.457 e. The fraction of sp³-hybridized carbons (Fsp3) is 0.158. The largest absolute Gasteiger partial charge is 0.457 e. The van der Waals surface area contributed by atoms with E-state index in [1.54, 1.807) is 16.9 Å². The highest BCUT2D eigenvalue weighted by Crippen LogP contribution is 2.13. The first-order valence-corrected chi connectivity index (χ1v) is 7.47. The molecule has 0 fully saturated rings. The number of benzene rings is 2. The van der Waals surface area contributed by atoms with Crippen molar-refractivity contribution >= 4 is 5.97 Å². The monoisotopic (exact) mass is 306 g/mol. The van der Waals surface area contributed by atoms with Crippen molar-refractivity contribution in [3.8, 4) is 5.69 Å². The van der Waals surface area contributed by atoms with E-state index in [2.05, 4.69) is 5.10 Å². The topological polar surface area (TPSA) is 44.1 Å². The van der Waals surface area contributed by atoms with Crippen LogP contribution in [0.25, 0.3) is 5.69 Å². The van der Waals surface area contributed by atoms with Gasteiger partial charge in [-0.15, -0.1) is 0 Å². The van der Waals surface area contributed by atoms with E-state index in [1.807, 2.05) is 62.5 Å². The maximum Gasteiger partial charge on any atom is 0.338 e. The summed E-state index contributed by atoms with van der Waals surface area (Å²) >= 11 is 0. The number of rotatable bonds is 4. The normalized spacial score (nSPS) is 10.5. The first kappa shape index (κ1) is 15.0. The van der Waals surface area contributed by atoms with Crippen LogP contribution < -0.4 is 0 Å². The molecule has 3 aromatic rings. The fourth-order valence-corrected chi connectivity index (χ4v) is 2.27. The second-order valence-electron chi connectivity index (χ2n) is 5.49. The quantitative estimate of drug-likeness (QED) is 0.688. The molecule has 2 aromatic carbocycles. The van der Waals surface area contributed by atoms with Gasteiger partial charge in [-0.1, -0.05) is 18.2 Å². The summed E-state index contributed by atoms with van der Waals surface area (Å²) in [6.07, 6.45) is 3.62. The first-order chi connectivity index (χ1) is 11.1. The van der Waals surface area contributed by atoms with Crippen molar-refractivity contribution in [2.24, 2.45) is 0 Å². The Morgan fingerprint density at radius 3 is 2.52 bits per heavy atom. The van der Waals surface area contributed by atoms with Crippen LogP contribution >= 0.6 is 0 Å². The van der Waals surface area contributed by atoms with Gasteiger partial charge >= 0.3 is 5.97 Å². The van der Waals surface area contributed by atoms with Gasteiger partial charge in [-0.05, 0) is 60.9 Å². The highest BCUT2D eigenvalue weighted by atomic mass is 16.5. The summed E-state index contributed by atoms with van der Waals surface area (Å²) < 4.78 is 7.16. The number of hydrogen-bond acceptors (Lipinski definition) is 3. The average Bonchev–Trinajstić information content (AvgIpc) is 3.10. The summed E-state index contributed by atoms with van der Waals surface area (Å²) in [4.78, 5) is 12.1. The van der Waals surface area contributed by atoms with Gasteiger partial charge in [-0.3, -0.25) is 0 Å². The average molecular weight is 306 g/mol. The second kappa shape index (κ2) is 6.48. The SMILES string of the molecule is Cc1ccc(C(=O)OCc2ccc(-n3cccn3)cc2)cc1C. The van der Waals surface area contributed by atoms with E-state index in [0.717, 1.165) is 22.4 Å². The van der Waals surface area contributed by atoms with Crippen molar-refractivity contribution in [3.63, 3.8) is 0 Å². The van der Waals surface area contributed by atoms with Crippen LogP contribution in [0.2, 0.25) is 0 Å². The second-order valence-corrected chi connectivity index (χ2v) is 5.49. The molecule has 0 saturated heterocycles. The molecular weight excluding hydrogens is 288 g/mol. The molecule has 0 saturated carbocycles. The van der Waals surface area contributed by atoms with Crippen LogP contribution in [0.1, 0.15) is 27.0 Å². The lowest BCUT2D eigenvalue weighted by Crippen LogP contribution is -2.06. The number of hydrogen-bond donors (Lipinski definition) is 0. The Labute approximate surface area is 135 Å². The Morgan fingerprint density at radius 2 is 1.87 bits per heavy atom. The smallest absolute Gasteiger partial charge is 0.338 e. The van der Waals surface area contributed by atoms with Crippen molar-refractivity contribution in [3.05, 3.63) is 83.2 Å². The number of carbonyl (C=O) groups excluding carboxylic acids is 1. The zero-order valence-electron chi connectivity index (χ0n) is 13.2. The minimum atomic E-state index is -0.302. The van der Waals surface area contributed by atoms with Crippen molar-refractivity contribution in [2.45, 2.75) is 20.5 Å². The zero-order chi connectivity index (χ0) is 16.2. The molecule has 0 unspecified atom stereocenters. The Hall–Kier alpha value is -2.88. The Bertz CT molecular complexity index is 806. The summed E-state index contributed by atoms with van der Waals surface area (Å²) in [5, 5.41) is 4.18. The molecule has 3 rings (SSSR count). The predicted octanol–water partition coefficient (Wildman–Crippen LogP) is 3.85. The molecule has 0 N–H and O–H groups in total. The van der Waals surface area contributed by atoms with Crippen LogP contribution in [0.15, 0.2) is 60.9 Å². The van der Waals surface area contributed by atoms with Gasteiger partial charge in [0.25, 0.3) is 0 Å². The summed E-state index contributed by atoms with van der Waals surface area (Å²) in [7, 11) is 0. The Kier molecular flexibility index (Phi) is 4.24. The third kappa shape index (κ3) is 3.48. The molecule has 0 aliphatic heterocycles. The Balaban J connectivity index is 1.63. The number of esters is 1. The van der Waals surface area contributed by atoms with E-state index in [1.165, 1.54) is 0 Å². The summed E-state index contributed by atoms with van der Waals surface area (Å²) in [5.74, 6) is -0.302. The van der Waals surface area contributed by atoms with E-state index in [9.17, 15) is 4.79 Å². The van der Waals surface area contributed by atoms with E-state index in [4.69, 9.17) is 4.74 Å². The molecule has 4 heteroatoms. The molecule has 0 amide bonds. The maximum atomic E-state index is 12.1. The molecule has 4 nitrogen and oxygen atoms in total. The summed E-state index contributed by atoms with van der Waals surface area (Å²) in [6, 6.07) is 15.2. The van der Waals surface area contributed by atoms with Crippen LogP contribution in [0.5, 0.6) is 0 Å². The van der Waals surface area contributed by atoms with Crippen LogP contribution in [0.3, 0.4) is 0 Å². The lowest BCUT2D eigenvalue weighted by Gasteiger charge is -2.08. The zero-order valence-corrected chi connectivity index (χ0v) is 13.2. The van der Waals surface area contributed by atoms with Crippen LogP contribution in [-0.4, -0.2) is 15.7 Å². The fourth-order valence-electron chi connectivity index (χ4n) is 2.27. The van der Waals surface area contributed by atoms with E-state index < -0.39 is 0 Å². The first-order valence-electron chi connectivity index (χ1n) is 7.47. The number of aromatic nitrogens is 2. The summed E-state index contributed by atoms with van der Waals surface area (Å²) in [5.41, 5.74) is 4.75. The van der Waals surface area contributed by atoms with Crippen molar-refractivity contribution in [1.82, 2.24) is 9.78 Å². The molecular formula is C19H18N2O2.